The summed E-state index contributed by atoms with van der Waals surface area (Å²) in [5.41, 5.74) is 0.693. The van der Waals surface area contributed by atoms with Crippen LogP contribution in [0.25, 0.3) is 0 Å². The van der Waals surface area contributed by atoms with Crippen LogP contribution in [0.3, 0.4) is 0 Å². The number of aliphatic hydroxyl groups excluding tert-OH is 1. The van der Waals surface area contributed by atoms with Gasteiger partial charge < -0.3 is 10.0 Å². The third-order valence-electron chi connectivity index (χ3n) is 3.78. The van der Waals surface area contributed by atoms with E-state index in [-0.39, 0.29) is 29.1 Å². The fraction of sp³-hybridized carbons (Fsp3) is 0.500. The number of carbonyl (C=O) groups is 1. The van der Waals surface area contributed by atoms with Gasteiger partial charge in [-0.15, -0.1) is 0 Å². The minimum Gasteiger partial charge on any atom is -0.393 e. The van der Waals surface area contributed by atoms with E-state index in [1.807, 2.05) is 11.8 Å². The number of hydrogen-bond acceptors (Lipinski definition) is 5. The molecule has 1 heterocycles. The summed E-state index contributed by atoms with van der Waals surface area (Å²) in [4.78, 5) is 24.0. The first kappa shape index (κ1) is 14.5. The highest BCUT2D eigenvalue weighted by molar-refractivity contribution is 5.98. The minimum absolute atomic E-state index is 0.121. The minimum atomic E-state index is -0.525. The van der Waals surface area contributed by atoms with Crippen molar-refractivity contribution in [1.82, 2.24) is 0 Å². The first-order valence-corrected chi connectivity index (χ1v) is 6.62. The van der Waals surface area contributed by atoms with Crippen molar-refractivity contribution >= 4 is 17.2 Å². The highest BCUT2D eigenvalue weighted by atomic mass is 16.6. The molecule has 1 N–H and O–H groups in total. The van der Waals surface area contributed by atoms with Gasteiger partial charge in [0.15, 0.2) is 5.78 Å². The van der Waals surface area contributed by atoms with Crippen LogP contribution in [0.5, 0.6) is 0 Å². The van der Waals surface area contributed by atoms with Crippen molar-refractivity contribution in [3.05, 3.63) is 33.9 Å². The second-order valence-electron chi connectivity index (χ2n) is 5.29. The monoisotopic (exact) mass is 278 g/mol. The maximum absolute atomic E-state index is 11.4. The van der Waals surface area contributed by atoms with E-state index in [0.29, 0.717) is 19.5 Å². The van der Waals surface area contributed by atoms with Crippen LogP contribution in [0.4, 0.5) is 11.4 Å². The van der Waals surface area contributed by atoms with E-state index in [2.05, 4.69) is 0 Å². The molecule has 1 fully saturated rings. The molecule has 1 aliphatic heterocycles. The standard InChI is InChI=1S/C14H18N2O4/c1-9-8-15(6-5-14(9)18)11-3-4-12(10(2)17)13(7-11)16(19)20/h3-4,7,9,14,18H,5-6,8H2,1-2H3. The molecule has 108 valence electrons. The largest absolute Gasteiger partial charge is 0.393 e. The Morgan fingerprint density at radius 2 is 2.20 bits per heavy atom. The Labute approximate surface area is 117 Å². The van der Waals surface area contributed by atoms with Crippen molar-refractivity contribution in [2.24, 2.45) is 5.92 Å². The first-order valence-electron chi connectivity index (χ1n) is 6.62. The predicted octanol–water partition coefficient (Wildman–Crippen LogP) is 2.00. The number of piperidine rings is 1. The number of Topliss-reactive ketones (excluding diaryl/α,β-unsaturated/α-hetero) is 1. The van der Waals surface area contributed by atoms with Crippen LogP contribution in [-0.4, -0.2) is 35.0 Å². The van der Waals surface area contributed by atoms with Crippen LogP contribution in [0.1, 0.15) is 30.6 Å². The normalized spacial score (nSPS) is 22.6. The lowest BCUT2D eigenvalue weighted by molar-refractivity contribution is -0.385. The topological polar surface area (TPSA) is 83.7 Å². The third-order valence-corrected chi connectivity index (χ3v) is 3.78. The molecule has 1 saturated heterocycles. The highest BCUT2D eigenvalue weighted by Gasteiger charge is 2.26. The zero-order chi connectivity index (χ0) is 14.9. The molecule has 0 saturated carbocycles. The van der Waals surface area contributed by atoms with Gasteiger partial charge in [0.2, 0.25) is 0 Å². The van der Waals surface area contributed by atoms with Crippen molar-refractivity contribution in [2.45, 2.75) is 26.4 Å². The highest BCUT2D eigenvalue weighted by Crippen LogP contribution is 2.29. The van der Waals surface area contributed by atoms with Crippen LogP contribution < -0.4 is 4.90 Å². The maximum atomic E-state index is 11.4. The SMILES string of the molecule is CC(=O)c1ccc(N2CCC(O)C(C)C2)cc1[N+](=O)[O-]. The molecule has 1 aromatic carbocycles. The molecule has 2 unspecified atom stereocenters. The van der Waals surface area contributed by atoms with Crippen molar-refractivity contribution in [3.63, 3.8) is 0 Å². The van der Waals surface area contributed by atoms with Gasteiger partial charge in [0.25, 0.3) is 5.69 Å². The third kappa shape index (κ3) is 2.80. The number of nitro groups is 1. The fourth-order valence-electron chi connectivity index (χ4n) is 2.53. The smallest absolute Gasteiger partial charge is 0.282 e. The van der Waals surface area contributed by atoms with Crippen LogP contribution in [0, 0.1) is 16.0 Å². The molecule has 0 aliphatic carbocycles. The molecular formula is C14H18N2O4. The second-order valence-corrected chi connectivity index (χ2v) is 5.29. The summed E-state index contributed by atoms with van der Waals surface area (Å²) in [6, 6.07) is 4.68. The van der Waals surface area contributed by atoms with Gasteiger partial charge in [-0.1, -0.05) is 6.92 Å². The summed E-state index contributed by atoms with van der Waals surface area (Å²) >= 11 is 0. The van der Waals surface area contributed by atoms with Crippen LogP contribution in [0.15, 0.2) is 18.2 Å². The average molecular weight is 278 g/mol. The lowest BCUT2D eigenvalue weighted by Gasteiger charge is -2.35. The molecular weight excluding hydrogens is 260 g/mol. The maximum Gasteiger partial charge on any atom is 0.282 e. The molecule has 6 heteroatoms. The molecule has 0 amide bonds. The summed E-state index contributed by atoms with van der Waals surface area (Å²) < 4.78 is 0. The number of carbonyl (C=O) groups excluding carboxylic acids is 1. The Bertz CT molecular complexity index is 544. The zero-order valence-corrected chi connectivity index (χ0v) is 11.6. The van der Waals surface area contributed by atoms with E-state index in [4.69, 9.17) is 0 Å². The number of nitro benzene ring substituents is 1. The molecule has 6 nitrogen and oxygen atoms in total. The van der Waals surface area contributed by atoms with Crippen LogP contribution >= 0.6 is 0 Å². The number of nitrogens with zero attached hydrogens (tertiary/aromatic N) is 2. The van der Waals surface area contributed by atoms with Gasteiger partial charge in [-0.25, -0.2) is 0 Å². The summed E-state index contributed by atoms with van der Waals surface area (Å²) in [5, 5.41) is 20.8. The summed E-state index contributed by atoms with van der Waals surface area (Å²) in [7, 11) is 0. The Kier molecular flexibility index (Phi) is 4.04. The molecule has 1 aromatic rings. The fourth-order valence-corrected chi connectivity index (χ4v) is 2.53. The molecule has 2 rings (SSSR count). The number of benzene rings is 1. The summed E-state index contributed by atoms with van der Waals surface area (Å²) in [6.07, 6.45) is 0.321. The van der Waals surface area contributed by atoms with Gasteiger partial charge in [0.05, 0.1) is 16.6 Å². The van der Waals surface area contributed by atoms with E-state index in [1.165, 1.54) is 19.1 Å². The Hall–Kier alpha value is -1.95. The van der Waals surface area contributed by atoms with Crippen molar-refractivity contribution in [2.75, 3.05) is 18.0 Å². The van der Waals surface area contributed by atoms with Crippen LogP contribution in [-0.2, 0) is 0 Å². The van der Waals surface area contributed by atoms with Gasteiger partial charge in [-0.2, -0.15) is 0 Å². The number of ketones is 1. The van der Waals surface area contributed by atoms with Crippen molar-refractivity contribution < 1.29 is 14.8 Å². The molecule has 2 atom stereocenters. The molecule has 0 aromatic heterocycles. The number of anilines is 1. The van der Waals surface area contributed by atoms with Gasteiger partial charge >= 0.3 is 0 Å². The van der Waals surface area contributed by atoms with E-state index in [1.54, 1.807) is 6.07 Å². The Morgan fingerprint density at radius 3 is 2.75 bits per heavy atom. The van der Waals surface area contributed by atoms with E-state index >= 15 is 0 Å². The average Bonchev–Trinajstić information content (AvgIpc) is 2.41. The van der Waals surface area contributed by atoms with Crippen molar-refractivity contribution in [3.8, 4) is 0 Å². The zero-order valence-electron chi connectivity index (χ0n) is 11.6. The second kappa shape index (κ2) is 5.58. The number of rotatable bonds is 3. The molecule has 1 aliphatic rings. The van der Waals surface area contributed by atoms with Gasteiger partial charge in [-0.05, 0) is 31.4 Å². The predicted molar refractivity (Wildman–Crippen MR) is 75.1 cm³/mol. The molecule has 0 bridgehead atoms. The summed E-state index contributed by atoms with van der Waals surface area (Å²) in [6.45, 7) is 4.58. The van der Waals surface area contributed by atoms with Gasteiger partial charge in [0.1, 0.15) is 0 Å². The van der Waals surface area contributed by atoms with Crippen molar-refractivity contribution in [1.29, 1.82) is 0 Å². The lowest BCUT2D eigenvalue weighted by Crippen LogP contribution is -2.41. The summed E-state index contributed by atoms with van der Waals surface area (Å²) in [5.74, 6) is -0.194. The van der Waals surface area contributed by atoms with E-state index in [9.17, 15) is 20.0 Å². The first-order chi connectivity index (χ1) is 9.40. The van der Waals surface area contributed by atoms with Crippen LogP contribution in [0.2, 0.25) is 0 Å². The molecule has 0 spiro atoms. The molecule has 0 radical (unpaired) electrons. The number of aliphatic hydroxyl groups is 1. The van der Waals surface area contributed by atoms with E-state index < -0.39 is 4.92 Å². The van der Waals surface area contributed by atoms with E-state index in [0.717, 1.165) is 5.69 Å². The Balaban J connectivity index is 2.32. The number of hydrogen-bond donors (Lipinski definition) is 1. The Morgan fingerprint density at radius 1 is 1.50 bits per heavy atom. The lowest BCUT2D eigenvalue weighted by atomic mass is 9.96. The van der Waals surface area contributed by atoms with Gasteiger partial charge in [0, 0.05) is 24.8 Å². The molecule has 20 heavy (non-hydrogen) atoms. The quantitative estimate of drug-likeness (QED) is 0.519. The van der Waals surface area contributed by atoms with Gasteiger partial charge in [-0.3, -0.25) is 14.9 Å².